The SMILES string of the molecule is O=C(O)c1cnc2c(ccn2C(c2ccccc2)(c2ccccc2)c2ccccc2)c1Cl. The van der Waals surface area contributed by atoms with Crippen LogP contribution >= 0.6 is 11.6 Å². The first-order valence-corrected chi connectivity index (χ1v) is 10.6. The topological polar surface area (TPSA) is 55.1 Å². The lowest BCUT2D eigenvalue weighted by molar-refractivity contribution is 0.0697. The van der Waals surface area contributed by atoms with E-state index in [-0.39, 0.29) is 10.6 Å². The van der Waals surface area contributed by atoms with E-state index in [0.717, 1.165) is 16.7 Å². The van der Waals surface area contributed by atoms with Crippen molar-refractivity contribution in [3.8, 4) is 0 Å². The van der Waals surface area contributed by atoms with E-state index in [2.05, 4.69) is 45.9 Å². The Hall–Kier alpha value is -3.89. The number of rotatable bonds is 5. The smallest absolute Gasteiger partial charge is 0.338 e. The quantitative estimate of drug-likeness (QED) is 0.331. The van der Waals surface area contributed by atoms with Gasteiger partial charge in [-0.15, -0.1) is 0 Å². The van der Waals surface area contributed by atoms with Gasteiger partial charge in [-0.25, -0.2) is 9.78 Å². The van der Waals surface area contributed by atoms with Gasteiger partial charge in [0, 0.05) is 17.8 Å². The molecule has 4 nitrogen and oxygen atoms in total. The van der Waals surface area contributed by atoms with Crippen molar-refractivity contribution in [3.05, 3.63) is 137 Å². The number of carbonyl (C=O) groups is 1. The summed E-state index contributed by atoms with van der Waals surface area (Å²) in [6.07, 6.45) is 3.26. The summed E-state index contributed by atoms with van der Waals surface area (Å²) in [5.41, 5.74) is 3.01. The largest absolute Gasteiger partial charge is 0.478 e. The van der Waals surface area contributed by atoms with Gasteiger partial charge in [0.2, 0.25) is 0 Å². The van der Waals surface area contributed by atoms with Gasteiger partial charge in [-0.3, -0.25) is 0 Å². The molecule has 0 radical (unpaired) electrons. The van der Waals surface area contributed by atoms with Crippen LogP contribution in [0.3, 0.4) is 0 Å². The number of fused-ring (bicyclic) bond motifs is 1. The molecule has 0 aliphatic heterocycles. The summed E-state index contributed by atoms with van der Waals surface area (Å²) in [4.78, 5) is 16.2. The Morgan fingerprint density at radius 3 is 1.69 bits per heavy atom. The molecule has 0 atom stereocenters. The van der Waals surface area contributed by atoms with Crippen LogP contribution in [-0.2, 0) is 5.54 Å². The molecule has 0 amide bonds. The van der Waals surface area contributed by atoms with Crippen molar-refractivity contribution in [3.63, 3.8) is 0 Å². The summed E-state index contributed by atoms with van der Waals surface area (Å²) in [6.45, 7) is 0. The summed E-state index contributed by atoms with van der Waals surface area (Å²) in [5.74, 6) is -1.10. The molecule has 0 spiro atoms. The third-order valence-corrected chi connectivity index (χ3v) is 6.22. The molecule has 0 fully saturated rings. The predicted molar refractivity (Wildman–Crippen MR) is 126 cm³/mol. The van der Waals surface area contributed by atoms with Crippen LogP contribution in [0.2, 0.25) is 5.02 Å². The van der Waals surface area contributed by atoms with Crippen LogP contribution in [-0.4, -0.2) is 20.6 Å². The second-order valence-corrected chi connectivity index (χ2v) is 7.90. The zero-order chi connectivity index (χ0) is 22.1. The molecule has 5 rings (SSSR count). The van der Waals surface area contributed by atoms with Crippen molar-refractivity contribution in [1.29, 1.82) is 0 Å². The molecule has 5 aromatic rings. The summed E-state index contributed by atoms with van der Waals surface area (Å²) in [6, 6.07) is 32.5. The number of pyridine rings is 1. The molecular weight excluding hydrogens is 420 g/mol. The Kier molecular flexibility index (Phi) is 5.00. The number of halogens is 1. The third kappa shape index (κ3) is 3.00. The molecule has 2 aromatic heterocycles. The minimum atomic E-state index is -1.10. The number of hydrogen-bond donors (Lipinski definition) is 1. The maximum absolute atomic E-state index is 11.6. The lowest BCUT2D eigenvalue weighted by atomic mass is 9.76. The lowest BCUT2D eigenvalue weighted by Gasteiger charge is -2.38. The number of hydrogen-bond acceptors (Lipinski definition) is 2. The van der Waals surface area contributed by atoms with Crippen molar-refractivity contribution in [2.45, 2.75) is 5.54 Å². The predicted octanol–water partition coefficient (Wildman–Crippen LogP) is 6.23. The highest BCUT2D eigenvalue weighted by atomic mass is 35.5. The van der Waals surface area contributed by atoms with Crippen molar-refractivity contribution < 1.29 is 9.90 Å². The highest BCUT2D eigenvalue weighted by Crippen LogP contribution is 2.43. The maximum atomic E-state index is 11.6. The Bertz CT molecular complexity index is 1300. The number of carboxylic acid groups (broad SMARTS) is 1. The molecule has 32 heavy (non-hydrogen) atoms. The molecule has 0 unspecified atom stereocenters. The molecule has 3 aromatic carbocycles. The molecule has 0 saturated carbocycles. The fourth-order valence-corrected chi connectivity index (χ4v) is 4.71. The second kappa shape index (κ2) is 7.98. The van der Waals surface area contributed by atoms with Crippen molar-refractivity contribution >= 4 is 28.6 Å². The van der Waals surface area contributed by atoms with E-state index in [1.807, 2.05) is 66.9 Å². The minimum absolute atomic E-state index is 0.0124. The van der Waals surface area contributed by atoms with Gasteiger partial charge < -0.3 is 9.67 Å². The van der Waals surface area contributed by atoms with Crippen LogP contribution in [0.4, 0.5) is 0 Å². The average molecular weight is 439 g/mol. The van der Waals surface area contributed by atoms with Crippen LogP contribution < -0.4 is 0 Å². The van der Waals surface area contributed by atoms with Crippen LogP contribution in [0, 0.1) is 0 Å². The Labute approximate surface area is 190 Å². The van der Waals surface area contributed by atoms with E-state index in [0.29, 0.717) is 11.0 Å². The molecular formula is C27H19ClN2O2. The van der Waals surface area contributed by atoms with E-state index >= 15 is 0 Å². The molecule has 156 valence electrons. The van der Waals surface area contributed by atoms with Crippen LogP contribution in [0.25, 0.3) is 11.0 Å². The number of aromatic carboxylic acids is 1. The van der Waals surface area contributed by atoms with Crippen molar-refractivity contribution in [2.75, 3.05) is 0 Å². The molecule has 0 saturated heterocycles. The molecule has 5 heteroatoms. The fourth-order valence-electron chi connectivity index (χ4n) is 4.43. The Balaban J connectivity index is 1.94. The lowest BCUT2D eigenvalue weighted by Crippen LogP contribution is -2.37. The average Bonchev–Trinajstić information content (AvgIpc) is 3.27. The summed E-state index contributed by atoms with van der Waals surface area (Å²) in [7, 11) is 0. The van der Waals surface area contributed by atoms with Crippen molar-refractivity contribution in [1.82, 2.24) is 9.55 Å². The molecule has 1 N–H and O–H groups in total. The van der Waals surface area contributed by atoms with Gasteiger partial charge in [-0.2, -0.15) is 0 Å². The molecule has 0 aliphatic carbocycles. The van der Waals surface area contributed by atoms with Gasteiger partial charge >= 0.3 is 5.97 Å². The number of carboxylic acids is 1. The molecule has 0 bridgehead atoms. The monoisotopic (exact) mass is 438 g/mol. The second-order valence-electron chi connectivity index (χ2n) is 7.52. The Morgan fingerprint density at radius 1 is 0.781 bits per heavy atom. The first-order valence-electron chi connectivity index (χ1n) is 10.2. The van der Waals surface area contributed by atoms with E-state index in [4.69, 9.17) is 11.6 Å². The van der Waals surface area contributed by atoms with Crippen LogP contribution in [0.15, 0.2) is 109 Å². The zero-order valence-corrected chi connectivity index (χ0v) is 17.8. The van der Waals surface area contributed by atoms with Crippen LogP contribution in [0.5, 0.6) is 0 Å². The van der Waals surface area contributed by atoms with Gasteiger partial charge in [0.15, 0.2) is 0 Å². The third-order valence-electron chi connectivity index (χ3n) is 5.81. The normalized spacial score (nSPS) is 11.5. The minimum Gasteiger partial charge on any atom is -0.478 e. The molecule has 2 heterocycles. The maximum Gasteiger partial charge on any atom is 0.338 e. The molecule has 0 aliphatic rings. The number of benzene rings is 3. The first-order chi connectivity index (χ1) is 15.6. The van der Waals surface area contributed by atoms with Gasteiger partial charge in [-0.05, 0) is 22.8 Å². The zero-order valence-electron chi connectivity index (χ0n) is 17.0. The van der Waals surface area contributed by atoms with Gasteiger partial charge in [0.1, 0.15) is 11.2 Å². The fraction of sp³-hybridized carbons (Fsp3) is 0.0370. The number of aromatic nitrogens is 2. The summed E-state index contributed by atoms with van der Waals surface area (Å²) < 4.78 is 2.08. The van der Waals surface area contributed by atoms with Gasteiger partial charge in [-0.1, -0.05) is 103 Å². The highest BCUT2D eigenvalue weighted by Gasteiger charge is 2.39. The summed E-state index contributed by atoms with van der Waals surface area (Å²) >= 11 is 6.50. The van der Waals surface area contributed by atoms with Gasteiger partial charge in [0.05, 0.1) is 10.6 Å². The number of nitrogens with zero attached hydrogens (tertiary/aromatic N) is 2. The summed E-state index contributed by atoms with van der Waals surface area (Å²) in [5, 5.41) is 10.3. The standard InChI is InChI=1S/C27H19ClN2O2/c28-24-22-16-17-30(25(22)29-18-23(24)26(31)32)27(19-10-4-1-5-11-19,20-12-6-2-7-13-20)21-14-8-3-9-15-21/h1-18H,(H,31,32). The van der Waals surface area contributed by atoms with Crippen molar-refractivity contribution in [2.24, 2.45) is 0 Å². The van der Waals surface area contributed by atoms with Crippen LogP contribution in [0.1, 0.15) is 27.0 Å². The first kappa shape index (κ1) is 20.0. The Morgan fingerprint density at radius 2 is 1.25 bits per heavy atom. The highest BCUT2D eigenvalue weighted by molar-refractivity contribution is 6.38. The van der Waals surface area contributed by atoms with E-state index in [1.54, 1.807) is 0 Å². The van der Waals surface area contributed by atoms with E-state index in [9.17, 15) is 9.90 Å². The van der Waals surface area contributed by atoms with E-state index in [1.165, 1.54) is 6.20 Å². The van der Waals surface area contributed by atoms with E-state index < -0.39 is 11.5 Å². The van der Waals surface area contributed by atoms with Gasteiger partial charge in [0.25, 0.3) is 0 Å².